The average Bonchev–Trinajstić information content (AvgIpc) is 2.45. The molecule has 3 nitrogen and oxygen atoms in total. The van der Waals surface area contributed by atoms with Crippen molar-refractivity contribution in [3.8, 4) is 0 Å². The lowest BCUT2D eigenvalue weighted by Gasteiger charge is -2.36. The normalized spacial score (nSPS) is 17.2. The molecule has 1 aromatic carbocycles. The number of hydrogen-bond acceptors (Lipinski definition) is 3. The molecule has 0 saturated carbocycles. The summed E-state index contributed by atoms with van der Waals surface area (Å²) in [6, 6.07) is 3.07. The fraction of sp³-hybridized carbons (Fsp3) is 0.625. The highest BCUT2D eigenvalue weighted by atomic mass is 19.1. The first kappa shape index (κ1) is 16.2. The molecule has 0 aromatic heterocycles. The molecule has 0 amide bonds. The zero-order valence-corrected chi connectivity index (χ0v) is 13.1. The lowest BCUT2D eigenvalue weighted by molar-refractivity contribution is 0.252. The van der Waals surface area contributed by atoms with E-state index < -0.39 is 11.6 Å². The largest absolute Gasteiger partial charge is 0.367 e. The molecule has 0 spiro atoms. The number of benzene rings is 1. The van der Waals surface area contributed by atoms with Gasteiger partial charge >= 0.3 is 0 Å². The first-order valence-electron chi connectivity index (χ1n) is 7.63. The Balaban J connectivity index is 2.15. The van der Waals surface area contributed by atoms with Crippen LogP contribution < -0.4 is 10.2 Å². The standard InChI is InChI=1S/C16H25F2N3/c1-4-19-11-12-9-14(17)16(15(18)10-12)21(3)13-5-7-20(2)8-6-13/h9-10,13,19H,4-8,11H2,1-3H3. The summed E-state index contributed by atoms with van der Waals surface area (Å²) < 4.78 is 28.6. The van der Waals surface area contributed by atoms with E-state index in [1.807, 2.05) is 6.92 Å². The van der Waals surface area contributed by atoms with Crippen molar-refractivity contribution in [1.82, 2.24) is 10.2 Å². The van der Waals surface area contributed by atoms with Gasteiger partial charge in [0.1, 0.15) is 17.3 Å². The number of likely N-dealkylation sites (tertiary alicyclic amines) is 1. The van der Waals surface area contributed by atoms with Crippen molar-refractivity contribution in [2.75, 3.05) is 38.6 Å². The van der Waals surface area contributed by atoms with E-state index in [2.05, 4.69) is 17.3 Å². The number of rotatable bonds is 5. The molecular formula is C16H25F2N3. The second-order valence-corrected chi connectivity index (χ2v) is 5.83. The van der Waals surface area contributed by atoms with Crippen LogP contribution in [0.1, 0.15) is 25.3 Å². The number of piperidine rings is 1. The van der Waals surface area contributed by atoms with Crippen molar-refractivity contribution in [1.29, 1.82) is 0 Å². The molecule has 0 bridgehead atoms. The summed E-state index contributed by atoms with van der Waals surface area (Å²) >= 11 is 0. The second-order valence-electron chi connectivity index (χ2n) is 5.83. The van der Waals surface area contributed by atoms with Crippen molar-refractivity contribution >= 4 is 5.69 Å². The van der Waals surface area contributed by atoms with Crippen LogP contribution >= 0.6 is 0 Å². The van der Waals surface area contributed by atoms with Gasteiger partial charge < -0.3 is 15.1 Å². The first-order valence-corrected chi connectivity index (χ1v) is 7.63. The molecule has 5 heteroatoms. The maximum Gasteiger partial charge on any atom is 0.149 e. The van der Waals surface area contributed by atoms with Crippen LogP contribution in [0.3, 0.4) is 0 Å². The highest BCUT2D eigenvalue weighted by Crippen LogP contribution is 2.28. The van der Waals surface area contributed by atoms with E-state index in [-0.39, 0.29) is 11.7 Å². The first-order chi connectivity index (χ1) is 10.0. The Kier molecular flexibility index (Phi) is 5.53. The highest BCUT2D eigenvalue weighted by Gasteiger charge is 2.25. The zero-order chi connectivity index (χ0) is 15.4. The molecule has 0 unspecified atom stereocenters. The summed E-state index contributed by atoms with van der Waals surface area (Å²) in [7, 11) is 3.87. The van der Waals surface area contributed by atoms with Gasteiger partial charge in [-0.3, -0.25) is 0 Å². The van der Waals surface area contributed by atoms with Gasteiger partial charge in [-0.25, -0.2) is 8.78 Å². The topological polar surface area (TPSA) is 18.5 Å². The molecule has 1 heterocycles. The predicted octanol–water partition coefficient (Wildman–Crippen LogP) is 2.60. The van der Waals surface area contributed by atoms with E-state index in [0.29, 0.717) is 12.1 Å². The van der Waals surface area contributed by atoms with Crippen LogP contribution in [-0.4, -0.2) is 44.7 Å². The zero-order valence-electron chi connectivity index (χ0n) is 13.1. The van der Waals surface area contributed by atoms with Gasteiger partial charge in [0, 0.05) is 19.6 Å². The molecule has 21 heavy (non-hydrogen) atoms. The third-order valence-electron chi connectivity index (χ3n) is 4.24. The van der Waals surface area contributed by atoms with Crippen LogP contribution in [0.15, 0.2) is 12.1 Å². The van der Waals surface area contributed by atoms with Gasteiger partial charge in [-0.05, 0) is 57.2 Å². The van der Waals surface area contributed by atoms with Crippen molar-refractivity contribution in [3.63, 3.8) is 0 Å². The Hall–Kier alpha value is -1.20. The maximum atomic E-state index is 14.3. The number of anilines is 1. The summed E-state index contributed by atoms with van der Waals surface area (Å²) in [6.07, 6.45) is 1.87. The molecule has 1 aliphatic heterocycles. The third kappa shape index (κ3) is 3.92. The fourth-order valence-electron chi connectivity index (χ4n) is 2.89. The lowest BCUT2D eigenvalue weighted by Crippen LogP contribution is -2.42. The molecule has 0 radical (unpaired) electrons. The lowest BCUT2D eigenvalue weighted by atomic mass is 10.0. The summed E-state index contributed by atoms with van der Waals surface area (Å²) in [6.45, 7) is 5.17. The maximum absolute atomic E-state index is 14.3. The van der Waals surface area contributed by atoms with Crippen LogP contribution in [0.25, 0.3) is 0 Å². The Bertz CT molecular complexity index is 448. The molecule has 1 N–H and O–H groups in total. The van der Waals surface area contributed by atoms with E-state index in [1.54, 1.807) is 11.9 Å². The second kappa shape index (κ2) is 7.18. The Morgan fingerprint density at radius 2 is 1.81 bits per heavy atom. The van der Waals surface area contributed by atoms with Crippen molar-refractivity contribution in [2.24, 2.45) is 0 Å². The molecule has 1 aromatic rings. The molecule has 0 aliphatic carbocycles. The van der Waals surface area contributed by atoms with Crippen molar-refractivity contribution in [3.05, 3.63) is 29.3 Å². The number of halogens is 2. The molecule has 0 atom stereocenters. The molecule has 118 valence electrons. The number of hydrogen-bond donors (Lipinski definition) is 1. The van der Waals surface area contributed by atoms with E-state index in [0.717, 1.165) is 32.5 Å². The van der Waals surface area contributed by atoms with Crippen LogP contribution in [0.5, 0.6) is 0 Å². The summed E-state index contributed by atoms with van der Waals surface area (Å²) in [5.74, 6) is -0.936. The Morgan fingerprint density at radius 1 is 1.24 bits per heavy atom. The highest BCUT2D eigenvalue weighted by molar-refractivity contribution is 5.51. The van der Waals surface area contributed by atoms with E-state index in [1.165, 1.54) is 12.1 Å². The smallest absolute Gasteiger partial charge is 0.149 e. The Morgan fingerprint density at radius 3 is 2.33 bits per heavy atom. The monoisotopic (exact) mass is 297 g/mol. The van der Waals surface area contributed by atoms with Gasteiger partial charge in [0.2, 0.25) is 0 Å². The molecular weight excluding hydrogens is 272 g/mol. The molecule has 1 saturated heterocycles. The van der Waals surface area contributed by atoms with E-state index in [9.17, 15) is 8.78 Å². The molecule has 1 fully saturated rings. The summed E-state index contributed by atoms with van der Waals surface area (Å²) in [5, 5.41) is 3.08. The predicted molar refractivity (Wildman–Crippen MR) is 82.7 cm³/mol. The summed E-state index contributed by atoms with van der Waals surface area (Å²) in [5.41, 5.74) is 0.747. The van der Waals surface area contributed by atoms with Crippen LogP contribution in [0.4, 0.5) is 14.5 Å². The van der Waals surface area contributed by atoms with Crippen LogP contribution in [-0.2, 0) is 6.54 Å². The number of nitrogens with zero attached hydrogens (tertiary/aromatic N) is 2. The fourth-order valence-corrected chi connectivity index (χ4v) is 2.89. The van der Waals surface area contributed by atoms with E-state index >= 15 is 0 Å². The van der Waals surface area contributed by atoms with Crippen LogP contribution in [0, 0.1) is 11.6 Å². The number of nitrogens with one attached hydrogen (secondary N) is 1. The molecule has 1 aliphatic rings. The van der Waals surface area contributed by atoms with Gasteiger partial charge in [0.05, 0.1) is 0 Å². The average molecular weight is 297 g/mol. The van der Waals surface area contributed by atoms with Gasteiger partial charge in [0.15, 0.2) is 0 Å². The van der Waals surface area contributed by atoms with Crippen LogP contribution in [0.2, 0.25) is 0 Å². The minimum Gasteiger partial charge on any atom is -0.367 e. The third-order valence-corrected chi connectivity index (χ3v) is 4.24. The van der Waals surface area contributed by atoms with Gasteiger partial charge in [-0.15, -0.1) is 0 Å². The quantitative estimate of drug-likeness (QED) is 0.901. The van der Waals surface area contributed by atoms with Gasteiger partial charge in [0.25, 0.3) is 0 Å². The minimum atomic E-state index is -0.468. The molecule has 2 rings (SSSR count). The summed E-state index contributed by atoms with van der Waals surface area (Å²) in [4.78, 5) is 4.02. The van der Waals surface area contributed by atoms with Crippen molar-refractivity contribution < 1.29 is 8.78 Å². The van der Waals surface area contributed by atoms with Gasteiger partial charge in [-0.1, -0.05) is 6.92 Å². The Labute approximate surface area is 125 Å². The minimum absolute atomic E-state index is 0.102. The van der Waals surface area contributed by atoms with Gasteiger partial charge in [-0.2, -0.15) is 0 Å². The van der Waals surface area contributed by atoms with Crippen molar-refractivity contribution in [2.45, 2.75) is 32.4 Å². The van der Waals surface area contributed by atoms with E-state index in [4.69, 9.17) is 0 Å². The SMILES string of the molecule is CCNCc1cc(F)c(N(C)C2CCN(C)CC2)c(F)c1.